The number of rotatable bonds is 7. The molecule has 2 N–H and O–H groups in total. The van der Waals surface area contributed by atoms with Crippen LogP contribution in [-0.2, 0) is 0 Å². The van der Waals surface area contributed by atoms with Gasteiger partial charge in [0.25, 0.3) is 0 Å². The van der Waals surface area contributed by atoms with E-state index in [1.807, 2.05) is 6.07 Å². The number of nitrogens with zero attached hydrogens (tertiary/aromatic N) is 2. The van der Waals surface area contributed by atoms with E-state index in [-0.39, 0.29) is 6.04 Å². The number of hydrogen-bond acceptors (Lipinski definition) is 4. The third-order valence-corrected chi connectivity index (χ3v) is 3.78. The Labute approximate surface area is 134 Å². The van der Waals surface area contributed by atoms with Crippen molar-refractivity contribution >= 4 is 27.7 Å². The van der Waals surface area contributed by atoms with Crippen LogP contribution in [0.25, 0.3) is 0 Å². The Bertz CT molecular complexity index is 559. The first-order valence-electron chi connectivity index (χ1n) is 7.32. The van der Waals surface area contributed by atoms with E-state index in [0.717, 1.165) is 29.7 Å². The summed E-state index contributed by atoms with van der Waals surface area (Å²) in [5.74, 6) is 1.48. The molecule has 0 amide bonds. The molecule has 2 aromatic rings. The number of nitrogens with one attached hydrogen (secondary N) is 2. The molecule has 5 heteroatoms. The molecule has 0 bridgehead atoms. The summed E-state index contributed by atoms with van der Waals surface area (Å²) in [6, 6.07) is 10.6. The van der Waals surface area contributed by atoms with Crippen LogP contribution < -0.4 is 10.6 Å². The molecule has 0 aliphatic carbocycles. The van der Waals surface area contributed by atoms with Crippen molar-refractivity contribution in [1.82, 2.24) is 9.97 Å². The van der Waals surface area contributed by atoms with Gasteiger partial charge in [0.15, 0.2) is 0 Å². The maximum atomic E-state index is 4.54. The lowest BCUT2D eigenvalue weighted by Gasteiger charge is -2.19. The van der Waals surface area contributed by atoms with E-state index in [4.69, 9.17) is 0 Å². The van der Waals surface area contributed by atoms with Gasteiger partial charge in [-0.1, -0.05) is 44.2 Å². The third kappa shape index (κ3) is 4.43. The molecule has 21 heavy (non-hydrogen) atoms. The molecule has 1 aromatic carbocycles. The largest absolute Gasteiger partial charge is 0.362 e. The average molecular weight is 349 g/mol. The summed E-state index contributed by atoms with van der Waals surface area (Å²) in [6.07, 6.45) is 3.81. The lowest BCUT2D eigenvalue weighted by atomic mass is 10.0. The summed E-state index contributed by atoms with van der Waals surface area (Å²) in [4.78, 5) is 8.82. The van der Waals surface area contributed by atoms with Crippen LogP contribution in [0.4, 0.5) is 11.8 Å². The quantitative estimate of drug-likeness (QED) is 0.766. The van der Waals surface area contributed by atoms with E-state index in [0.29, 0.717) is 5.95 Å². The number of halogens is 1. The predicted molar refractivity (Wildman–Crippen MR) is 91.6 cm³/mol. The molecule has 2 rings (SSSR count). The van der Waals surface area contributed by atoms with Gasteiger partial charge >= 0.3 is 0 Å². The fraction of sp³-hybridized carbons (Fsp3) is 0.375. The first-order valence-corrected chi connectivity index (χ1v) is 8.11. The minimum atomic E-state index is 0.233. The molecule has 1 unspecified atom stereocenters. The van der Waals surface area contributed by atoms with Crippen LogP contribution in [0.15, 0.2) is 41.0 Å². The molecule has 1 aromatic heterocycles. The molecular weight excluding hydrogens is 328 g/mol. The van der Waals surface area contributed by atoms with Gasteiger partial charge in [0.1, 0.15) is 5.82 Å². The van der Waals surface area contributed by atoms with Gasteiger partial charge in [0, 0.05) is 12.7 Å². The Kier molecular flexibility index (Phi) is 5.99. The first kappa shape index (κ1) is 15.8. The summed E-state index contributed by atoms with van der Waals surface area (Å²) >= 11 is 3.51. The highest BCUT2D eigenvalue weighted by molar-refractivity contribution is 9.10. The number of anilines is 2. The lowest BCUT2D eigenvalue weighted by molar-refractivity contribution is 0.743. The van der Waals surface area contributed by atoms with Crippen molar-refractivity contribution in [3.8, 4) is 0 Å². The topological polar surface area (TPSA) is 49.8 Å². The highest BCUT2D eigenvalue weighted by Crippen LogP contribution is 2.26. The highest BCUT2D eigenvalue weighted by atomic mass is 79.9. The molecule has 0 aliphatic heterocycles. The van der Waals surface area contributed by atoms with Crippen LogP contribution in [0, 0.1) is 0 Å². The summed E-state index contributed by atoms with van der Waals surface area (Å²) in [5.41, 5.74) is 1.26. The van der Waals surface area contributed by atoms with E-state index in [9.17, 15) is 0 Å². The third-order valence-electron chi connectivity index (χ3n) is 3.20. The Balaban J connectivity index is 2.16. The predicted octanol–water partition coefficient (Wildman–Crippen LogP) is 4.62. The Morgan fingerprint density at radius 2 is 1.95 bits per heavy atom. The SMILES string of the molecule is CCCNc1ncc(Br)c(NC(CC)c2ccccc2)n1. The smallest absolute Gasteiger partial charge is 0.224 e. The van der Waals surface area contributed by atoms with Crippen molar-refractivity contribution < 1.29 is 0 Å². The van der Waals surface area contributed by atoms with Crippen LogP contribution >= 0.6 is 15.9 Å². The summed E-state index contributed by atoms with van der Waals surface area (Å²) in [5, 5.41) is 6.70. The van der Waals surface area contributed by atoms with Gasteiger partial charge in [0.2, 0.25) is 5.95 Å². The van der Waals surface area contributed by atoms with Crippen molar-refractivity contribution in [3.05, 3.63) is 46.6 Å². The fourth-order valence-electron chi connectivity index (χ4n) is 2.06. The summed E-state index contributed by atoms with van der Waals surface area (Å²) < 4.78 is 0.874. The van der Waals surface area contributed by atoms with Gasteiger partial charge in [-0.3, -0.25) is 0 Å². The van der Waals surface area contributed by atoms with Gasteiger partial charge in [-0.05, 0) is 34.3 Å². The molecule has 1 heterocycles. The van der Waals surface area contributed by atoms with E-state index in [2.05, 4.69) is 74.6 Å². The second-order valence-corrected chi connectivity index (χ2v) is 5.69. The highest BCUT2D eigenvalue weighted by Gasteiger charge is 2.12. The van der Waals surface area contributed by atoms with Crippen LogP contribution in [0.1, 0.15) is 38.3 Å². The normalized spacial score (nSPS) is 12.0. The summed E-state index contributed by atoms with van der Waals surface area (Å²) in [6.45, 7) is 5.15. The van der Waals surface area contributed by atoms with Crippen molar-refractivity contribution in [2.45, 2.75) is 32.7 Å². The van der Waals surface area contributed by atoms with Gasteiger partial charge in [0.05, 0.1) is 10.5 Å². The Hall–Kier alpha value is -1.62. The number of aromatic nitrogens is 2. The van der Waals surface area contributed by atoms with E-state index < -0.39 is 0 Å². The lowest BCUT2D eigenvalue weighted by Crippen LogP contribution is -2.13. The first-order chi connectivity index (χ1) is 10.2. The van der Waals surface area contributed by atoms with E-state index >= 15 is 0 Å². The molecule has 4 nitrogen and oxygen atoms in total. The zero-order valence-electron chi connectivity index (χ0n) is 12.4. The Morgan fingerprint density at radius 3 is 2.62 bits per heavy atom. The average Bonchev–Trinajstić information content (AvgIpc) is 2.53. The van der Waals surface area contributed by atoms with Crippen molar-refractivity contribution in [1.29, 1.82) is 0 Å². The minimum Gasteiger partial charge on any atom is -0.362 e. The molecule has 0 radical (unpaired) electrons. The molecule has 0 fully saturated rings. The van der Waals surface area contributed by atoms with E-state index in [1.54, 1.807) is 6.20 Å². The van der Waals surface area contributed by atoms with Crippen molar-refractivity contribution in [2.24, 2.45) is 0 Å². The zero-order valence-corrected chi connectivity index (χ0v) is 14.0. The second-order valence-electron chi connectivity index (χ2n) is 4.83. The van der Waals surface area contributed by atoms with Gasteiger partial charge in [-0.15, -0.1) is 0 Å². The van der Waals surface area contributed by atoms with Crippen molar-refractivity contribution in [2.75, 3.05) is 17.2 Å². The molecule has 0 spiro atoms. The van der Waals surface area contributed by atoms with Crippen LogP contribution in [0.3, 0.4) is 0 Å². The van der Waals surface area contributed by atoms with Gasteiger partial charge in [-0.25, -0.2) is 4.98 Å². The zero-order chi connectivity index (χ0) is 15.1. The van der Waals surface area contributed by atoms with Gasteiger partial charge < -0.3 is 10.6 Å². The standard InChI is InChI=1S/C16H21BrN4/c1-3-10-18-16-19-11-13(17)15(21-16)20-14(4-2)12-8-6-5-7-9-12/h5-9,11,14H,3-4,10H2,1-2H3,(H2,18,19,20,21). The van der Waals surface area contributed by atoms with Crippen LogP contribution in [0.5, 0.6) is 0 Å². The Morgan fingerprint density at radius 1 is 1.19 bits per heavy atom. The molecule has 1 atom stereocenters. The maximum absolute atomic E-state index is 4.54. The molecule has 0 aliphatic rings. The van der Waals surface area contributed by atoms with E-state index in [1.165, 1.54) is 5.56 Å². The van der Waals surface area contributed by atoms with Crippen molar-refractivity contribution in [3.63, 3.8) is 0 Å². The van der Waals surface area contributed by atoms with Crippen LogP contribution in [-0.4, -0.2) is 16.5 Å². The number of benzene rings is 1. The molecule has 112 valence electrons. The maximum Gasteiger partial charge on any atom is 0.224 e. The van der Waals surface area contributed by atoms with Gasteiger partial charge in [-0.2, -0.15) is 4.98 Å². The minimum absolute atomic E-state index is 0.233. The number of hydrogen-bond donors (Lipinski definition) is 2. The second kappa shape index (κ2) is 7.98. The molecular formula is C16H21BrN4. The molecule has 0 saturated heterocycles. The monoisotopic (exact) mass is 348 g/mol. The molecule has 0 saturated carbocycles. The fourth-order valence-corrected chi connectivity index (χ4v) is 2.37. The summed E-state index contributed by atoms with van der Waals surface area (Å²) in [7, 11) is 0. The van der Waals surface area contributed by atoms with Crippen LogP contribution in [0.2, 0.25) is 0 Å².